The van der Waals surface area contributed by atoms with E-state index in [-0.39, 0.29) is 0 Å². The molecule has 0 spiro atoms. The smallest absolute Gasteiger partial charge is 0.324 e. The summed E-state index contributed by atoms with van der Waals surface area (Å²) < 4.78 is 0. The molecule has 0 aromatic heterocycles. The standard InChI is InChI=1S/C18H36N4.4C6H3N3O7/c1-2-9-19(8-1)12-5-14-21-16-7-17-22(18-21)15-6-13-20-10-3-4-11-20;4*10-6-4(8(13)14)1-3(7(11)12)2-5(6)9(15)16/h1-18H2;4*1-2,10H. The number of hydrogen-bond donors (Lipinski definition) is 4. The maximum atomic E-state index is 10.4. The van der Waals surface area contributed by atoms with Gasteiger partial charge in [0.1, 0.15) is 0 Å². The fourth-order valence-electron chi connectivity index (χ4n) is 8.25. The van der Waals surface area contributed by atoms with Crippen molar-refractivity contribution in [1.29, 1.82) is 0 Å². The second kappa shape index (κ2) is 31.8. The van der Waals surface area contributed by atoms with Crippen LogP contribution in [0.15, 0.2) is 48.5 Å². The molecule has 7 rings (SSSR count). The monoisotopic (exact) mass is 1220 g/mol. The van der Waals surface area contributed by atoms with E-state index in [4.69, 9.17) is 20.4 Å². The van der Waals surface area contributed by atoms with Crippen molar-refractivity contribution < 1.29 is 79.5 Å². The number of aromatic hydroxyl groups is 4. The van der Waals surface area contributed by atoms with Crippen LogP contribution in [-0.4, -0.2) is 171 Å². The minimum Gasteiger partial charge on any atom is -0.497 e. The third kappa shape index (κ3) is 20.0. The van der Waals surface area contributed by atoms with Gasteiger partial charge in [-0.3, -0.25) is 131 Å². The SMILES string of the molecule is C1CCN(CCCN2CCCN(CCCN3CCCC3)C2)C1.O=[N+]([O-])c1cc([N+](=O)[O-])c(O)c([N+](=O)[O-])c1.O=[N+]([O-])c1cc([N+](=O)[O-])c(O)c([N+](=O)[O-])c1.O=[N+]([O-])c1cc([N+](=O)[O-])c(O)c([N+](=O)[O-])c1.O=[N+]([O-])c1cc([N+](=O)[O-])c(O)c([N+](=O)[O-])c1. The van der Waals surface area contributed by atoms with Crippen molar-refractivity contribution >= 4 is 68.2 Å². The molecule has 0 amide bonds. The van der Waals surface area contributed by atoms with E-state index in [9.17, 15) is 121 Å². The van der Waals surface area contributed by atoms with Crippen LogP contribution in [0.5, 0.6) is 23.0 Å². The quantitative estimate of drug-likeness (QED) is 0.0550. The van der Waals surface area contributed by atoms with E-state index in [0.29, 0.717) is 48.5 Å². The Kier molecular flexibility index (Phi) is 25.5. The van der Waals surface area contributed by atoms with Gasteiger partial charge in [0.2, 0.25) is 0 Å². The minimum atomic E-state index is -1.21. The molecule has 0 radical (unpaired) electrons. The molecule has 3 aliphatic heterocycles. The Bertz CT molecular complexity index is 2750. The van der Waals surface area contributed by atoms with E-state index in [1.54, 1.807) is 0 Å². The number of hydrogen-bond acceptors (Lipinski definition) is 32. The largest absolute Gasteiger partial charge is 0.497 e. The summed E-state index contributed by atoms with van der Waals surface area (Å²) in [5.41, 5.74) is -12.0. The average Bonchev–Trinajstić information content (AvgIpc) is 2.50. The normalized spacial score (nSPS) is 14.0. The van der Waals surface area contributed by atoms with Crippen LogP contribution in [0.3, 0.4) is 0 Å². The van der Waals surface area contributed by atoms with Crippen LogP contribution in [0.1, 0.15) is 44.9 Å². The molecule has 3 saturated heterocycles. The van der Waals surface area contributed by atoms with Gasteiger partial charge in [0, 0.05) is 26.2 Å². The van der Waals surface area contributed by atoms with E-state index >= 15 is 0 Å². The third-order valence-corrected chi connectivity index (χ3v) is 12.3. The van der Waals surface area contributed by atoms with Gasteiger partial charge in [-0.25, -0.2) is 0 Å². The zero-order chi connectivity index (χ0) is 64.9. The highest BCUT2D eigenvalue weighted by Gasteiger charge is 2.34. The number of likely N-dealkylation sites (tertiary alicyclic amines) is 2. The van der Waals surface area contributed by atoms with Crippen LogP contribution in [0.2, 0.25) is 0 Å². The lowest BCUT2D eigenvalue weighted by molar-refractivity contribution is -0.404. The molecule has 86 heavy (non-hydrogen) atoms. The Labute approximate surface area is 476 Å². The highest BCUT2D eigenvalue weighted by atomic mass is 16.7. The Balaban J connectivity index is 0.000000284. The zero-order valence-corrected chi connectivity index (χ0v) is 44.1. The number of nitro groups is 12. The number of phenols is 4. The molecule has 3 aliphatic rings. The van der Waals surface area contributed by atoms with Gasteiger partial charge in [-0.05, 0) is 84.2 Å². The minimum absolute atomic E-state index is 0.447. The van der Waals surface area contributed by atoms with Crippen molar-refractivity contribution in [2.45, 2.75) is 44.9 Å². The van der Waals surface area contributed by atoms with Crippen LogP contribution in [0.25, 0.3) is 0 Å². The summed E-state index contributed by atoms with van der Waals surface area (Å²) in [6, 6.07) is 3.57. The lowest BCUT2D eigenvalue weighted by Gasteiger charge is -2.36. The van der Waals surface area contributed by atoms with Gasteiger partial charge in [-0.2, -0.15) is 0 Å². The predicted octanol–water partition coefficient (Wildman–Crippen LogP) is 6.39. The fraction of sp³-hybridized carbons (Fsp3) is 0.429. The molecule has 0 bridgehead atoms. The van der Waals surface area contributed by atoms with Crippen LogP contribution in [-0.2, 0) is 0 Å². The number of rotatable bonds is 20. The molecule has 3 fully saturated rings. The summed E-state index contributed by atoms with van der Waals surface area (Å²) >= 11 is 0. The third-order valence-electron chi connectivity index (χ3n) is 12.3. The summed E-state index contributed by atoms with van der Waals surface area (Å²) in [5, 5.41) is 161. The average molecular weight is 1220 g/mol. The van der Waals surface area contributed by atoms with Crippen LogP contribution in [0.4, 0.5) is 68.2 Å². The molecule has 44 heteroatoms. The van der Waals surface area contributed by atoms with E-state index in [0.717, 1.165) is 0 Å². The van der Waals surface area contributed by atoms with Crippen LogP contribution < -0.4 is 0 Å². The molecule has 0 unspecified atom stereocenters. The molecule has 4 aromatic carbocycles. The first-order valence-corrected chi connectivity index (χ1v) is 24.4. The van der Waals surface area contributed by atoms with Gasteiger partial charge >= 0.3 is 45.5 Å². The molecule has 0 atom stereocenters. The van der Waals surface area contributed by atoms with Gasteiger partial charge in [0.25, 0.3) is 45.7 Å². The first kappa shape index (κ1) is 69.0. The van der Waals surface area contributed by atoms with E-state index in [1.165, 1.54) is 117 Å². The van der Waals surface area contributed by atoms with Crippen LogP contribution in [0, 0.1) is 121 Å². The van der Waals surface area contributed by atoms with Gasteiger partial charge in [-0.1, -0.05) is 0 Å². The summed E-state index contributed by atoms with van der Waals surface area (Å²) in [7, 11) is 0. The van der Waals surface area contributed by atoms with Crippen molar-refractivity contribution in [3.63, 3.8) is 0 Å². The van der Waals surface area contributed by atoms with Crippen LogP contribution >= 0.6 is 0 Å². The second-order valence-corrected chi connectivity index (χ2v) is 18.0. The molecule has 3 heterocycles. The van der Waals surface area contributed by atoms with Crippen molar-refractivity contribution in [3.8, 4) is 23.0 Å². The second-order valence-electron chi connectivity index (χ2n) is 18.0. The molecule has 4 aromatic rings. The molecular formula is C42H48N16O28. The maximum Gasteiger partial charge on any atom is 0.324 e. The molecule has 0 saturated carbocycles. The number of non-ortho nitro benzene ring substituents is 4. The van der Waals surface area contributed by atoms with E-state index in [1.807, 2.05) is 0 Å². The Morgan fingerprint density at radius 2 is 0.430 bits per heavy atom. The highest BCUT2D eigenvalue weighted by Crippen LogP contribution is 2.42. The van der Waals surface area contributed by atoms with E-state index < -0.39 is 150 Å². The van der Waals surface area contributed by atoms with Crippen molar-refractivity contribution in [3.05, 3.63) is 170 Å². The highest BCUT2D eigenvalue weighted by molar-refractivity contribution is 5.67. The maximum absolute atomic E-state index is 10.4. The number of benzene rings is 4. The first-order valence-electron chi connectivity index (χ1n) is 24.4. The number of phenolic OH excluding ortho intramolecular Hbond substituents is 4. The summed E-state index contributed by atoms with van der Waals surface area (Å²) in [6.07, 6.45) is 9.79. The topological polar surface area (TPSA) is 612 Å². The van der Waals surface area contributed by atoms with Gasteiger partial charge in [0.15, 0.2) is 0 Å². The Morgan fingerprint density at radius 1 is 0.267 bits per heavy atom. The van der Waals surface area contributed by atoms with Gasteiger partial charge < -0.3 is 30.2 Å². The lowest BCUT2D eigenvalue weighted by Crippen LogP contribution is -2.46. The zero-order valence-electron chi connectivity index (χ0n) is 44.1. The van der Waals surface area contributed by atoms with E-state index in [2.05, 4.69) is 19.6 Å². The fourth-order valence-corrected chi connectivity index (χ4v) is 8.25. The molecular weight excluding hydrogens is 1180 g/mol. The molecule has 4 N–H and O–H groups in total. The molecule has 44 nitrogen and oxygen atoms in total. The van der Waals surface area contributed by atoms with Crippen molar-refractivity contribution in [2.75, 3.05) is 72.1 Å². The van der Waals surface area contributed by atoms with Crippen molar-refractivity contribution in [1.82, 2.24) is 19.6 Å². The summed E-state index contributed by atoms with van der Waals surface area (Å²) in [5.74, 6) is -4.83. The van der Waals surface area contributed by atoms with Gasteiger partial charge in [-0.15, -0.1) is 0 Å². The number of nitro benzene ring substituents is 12. The predicted molar refractivity (Wildman–Crippen MR) is 285 cm³/mol. The summed E-state index contributed by atoms with van der Waals surface area (Å²) in [4.78, 5) is 122. The Morgan fingerprint density at radius 3 is 0.593 bits per heavy atom. The lowest BCUT2D eigenvalue weighted by atomic mass is 10.2. The van der Waals surface area contributed by atoms with Crippen molar-refractivity contribution in [2.24, 2.45) is 0 Å². The summed E-state index contributed by atoms with van der Waals surface area (Å²) in [6.45, 7) is 14.5. The number of nitrogens with zero attached hydrogens (tertiary/aromatic N) is 16. The Hall–Kier alpha value is -11.3. The molecule has 0 aliphatic carbocycles. The van der Waals surface area contributed by atoms with Gasteiger partial charge in [0.05, 0.1) is 114 Å². The molecule has 464 valence electrons. The first-order chi connectivity index (χ1) is 40.3.